The maximum Gasteiger partial charge on any atom is 1.00 e. The van der Waals surface area contributed by atoms with Gasteiger partial charge in [0.25, 0.3) is 0 Å². The first kappa shape index (κ1) is 40.9. The van der Waals surface area contributed by atoms with Crippen LogP contribution in [0.3, 0.4) is 0 Å². The number of aliphatic hydroxyl groups is 1. The summed E-state index contributed by atoms with van der Waals surface area (Å²) in [5, 5.41) is 8.62. The molecule has 38 heavy (non-hydrogen) atoms. The van der Waals surface area contributed by atoms with Gasteiger partial charge in [0.2, 0.25) is 26.9 Å². The van der Waals surface area contributed by atoms with E-state index < -0.39 is 15.2 Å². The fourth-order valence-corrected chi connectivity index (χ4v) is 2.13. The summed E-state index contributed by atoms with van der Waals surface area (Å²) in [6, 6.07) is 10.4. The van der Waals surface area contributed by atoms with Gasteiger partial charge in [-0.1, -0.05) is 6.07 Å². The van der Waals surface area contributed by atoms with Crippen LogP contribution in [-0.4, -0.2) is 76.0 Å². The normalized spacial score (nSPS) is 8.76. The first-order valence-electron chi connectivity index (χ1n) is 9.71. The van der Waals surface area contributed by atoms with Gasteiger partial charge in [0, 0.05) is 64.0 Å². The number of nitrogens with zero attached hydrogens (tertiary/aromatic N) is 3. The van der Waals surface area contributed by atoms with Crippen molar-refractivity contribution < 1.29 is 53.3 Å². The molecule has 16 heteroatoms. The van der Waals surface area contributed by atoms with E-state index in [9.17, 15) is 4.79 Å². The van der Waals surface area contributed by atoms with Crippen LogP contribution >= 0.6 is 33.0 Å². The van der Waals surface area contributed by atoms with E-state index in [0.717, 1.165) is 11.1 Å². The van der Waals surface area contributed by atoms with Crippen molar-refractivity contribution in [1.29, 1.82) is 0 Å². The van der Waals surface area contributed by atoms with Crippen LogP contribution in [0.25, 0.3) is 0 Å². The molecule has 3 heterocycles. The molecule has 0 fully saturated rings. The van der Waals surface area contributed by atoms with E-state index in [2.05, 4.69) is 41.1 Å². The zero-order chi connectivity index (χ0) is 27.3. The second-order valence-electron chi connectivity index (χ2n) is 5.97. The fraction of sp³-hybridized carbons (Fsp3) is 0.273. The summed E-state index contributed by atoms with van der Waals surface area (Å²) in [5.41, 5.74) is 2.21. The number of halogens is 3. The SMILES string of the molecule is COC(=O)c1ccc(OC)nc1.COc1ccc(CCl)cn1.COc1ccc(CO)cn1.O=S(Cl)Cl.[AlH3].[H-].[Li+]. The number of aromatic nitrogens is 3. The number of alkyl halides is 1. The summed E-state index contributed by atoms with van der Waals surface area (Å²) in [6.45, 7) is 0.0248. The number of hydrogen-bond acceptors (Lipinski definition) is 10. The molecule has 3 aromatic heterocycles. The molecule has 0 saturated carbocycles. The number of esters is 1. The molecule has 0 aliphatic carbocycles. The maximum absolute atomic E-state index is 10.9. The standard InChI is InChI=1S/C8H9NO3.C7H8ClNO.C7H9NO2.Al.Cl2OS.Li.4H/c1-11-7-4-3-6(5-9-7)8(10)12-2;1-10-7-3-2-6(4-8)5-9-7;1-10-7-3-2-6(5-9)4-8-7;;1-4(2)3;;;;;/h3-5H,1-2H3;2-3,5H,4H2,1H3;2-4,9H,5H2,1H3;;;;;;;/q;;;;;+1;;;;-1. The monoisotopic (exact) mass is 619 g/mol. The minimum Gasteiger partial charge on any atom is -1.00 e. The van der Waals surface area contributed by atoms with Gasteiger partial charge in [-0.05, 0) is 23.3 Å². The molecule has 3 aromatic rings. The Bertz CT molecular complexity index is 935. The van der Waals surface area contributed by atoms with Crippen LogP contribution in [0.4, 0.5) is 0 Å². The van der Waals surface area contributed by atoms with E-state index >= 15 is 0 Å². The second-order valence-corrected chi connectivity index (χ2v) is 8.77. The molecule has 1 N–H and O–H groups in total. The maximum atomic E-state index is 10.9. The quantitative estimate of drug-likeness (QED) is 0.177. The molecule has 0 aliphatic rings. The Hall–Kier alpha value is -1.57. The molecule has 0 bridgehead atoms. The topological polar surface area (TPSA) is 130 Å². The first-order valence-corrected chi connectivity index (χ1v) is 13.0. The van der Waals surface area contributed by atoms with Crippen molar-refractivity contribution in [2.24, 2.45) is 0 Å². The minimum absolute atomic E-state index is 0. The fourth-order valence-electron chi connectivity index (χ4n) is 1.98. The number of carbonyl (C=O) groups is 1. The number of hydrogen-bond donors (Lipinski definition) is 1. The third kappa shape index (κ3) is 19.5. The summed E-state index contributed by atoms with van der Waals surface area (Å²) in [5.74, 6) is 1.76. The molecular weight excluding hydrogens is 591 g/mol. The smallest absolute Gasteiger partial charge is 1.00 e. The van der Waals surface area contributed by atoms with Crippen molar-refractivity contribution >= 4 is 65.5 Å². The summed E-state index contributed by atoms with van der Waals surface area (Å²) in [4.78, 5) is 22.6. The van der Waals surface area contributed by atoms with Crippen LogP contribution in [0.2, 0.25) is 0 Å². The Kier molecular flexibility index (Phi) is 27.7. The summed E-state index contributed by atoms with van der Waals surface area (Å²) < 4.78 is 28.1. The number of rotatable bonds is 6. The third-order valence-corrected chi connectivity index (χ3v) is 4.03. The summed E-state index contributed by atoms with van der Waals surface area (Å²) in [7, 11) is 13.3. The Morgan fingerprint density at radius 1 is 0.842 bits per heavy atom. The molecule has 0 unspecified atom stereocenters. The van der Waals surface area contributed by atoms with Crippen LogP contribution < -0.4 is 33.1 Å². The molecule has 10 nitrogen and oxygen atoms in total. The van der Waals surface area contributed by atoms with Gasteiger partial charge in [0.15, 0.2) is 17.4 Å². The summed E-state index contributed by atoms with van der Waals surface area (Å²) >= 11 is 5.54. The van der Waals surface area contributed by atoms with Gasteiger partial charge < -0.3 is 25.5 Å². The number of pyridine rings is 3. The predicted molar refractivity (Wildman–Crippen MR) is 150 cm³/mol. The summed E-state index contributed by atoms with van der Waals surface area (Å²) in [6.07, 6.45) is 4.69. The van der Waals surface area contributed by atoms with Gasteiger partial charge in [-0.2, -0.15) is 0 Å². The molecule has 0 saturated heterocycles. The average Bonchev–Trinajstić information content (AvgIpc) is 2.93. The minimum atomic E-state index is -1.67. The van der Waals surface area contributed by atoms with E-state index in [0.29, 0.717) is 29.1 Å². The molecule has 0 amide bonds. The first-order chi connectivity index (χ1) is 17.2. The Morgan fingerprint density at radius 2 is 1.24 bits per heavy atom. The molecule has 0 aromatic carbocycles. The average molecular weight is 621 g/mol. The van der Waals surface area contributed by atoms with E-state index in [4.69, 9.17) is 35.1 Å². The van der Waals surface area contributed by atoms with Gasteiger partial charge in [-0.25, -0.2) is 24.0 Å². The van der Waals surface area contributed by atoms with Crippen molar-refractivity contribution in [3.8, 4) is 17.6 Å². The Balaban J connectivity index is -0.000000213. The molecular formula is C22H30AlCl3LiN3O7S. The van der Waals surface area contributed by atoms with Crippen molar-refractivity contribution in [2.75, 3.05) is 28.4 Å². The molecule has 0 spiro atoms. The van der Waals surface area contributed by atoms with Crippen LogP contribution in [0.1, 0.15) is 22.9 Å². The largest absolute Gasteiger partial charge is 1.00 e. The van der Waals surface area contributed by atoms with Crippen molar-refractivity contribution in [3.63, 3.8) is 0 Å². The number of carbonyl (C=O) groups excluding carboxylic acids is 1. The van der Waals surface area contributed by atoms with Crippen LogP contribution in [-0.2, 0) is 26.5 Å². The van der Waals surface area contributed by atoms with Crippen molar-refractivity contribution in [3.05, 3.63) is 71.7 Å². The predicted octanol–water partition coefficient (Wildman–Crippen LogP) is 0.264. The zero-order valence-corrected chi connectivity index (χ0v) is 24.0. The Morgan fingerprint density at radius 3 is 1.50 bits per heavy atom. The van der Waals surface area contributed by atoms with E-state index in [1.807, 2.05) is 6.07 Å². The molecule has 3 rings (SSSR count). The number of ether oxygens (including phenoxy) is 4. The van der Waals surface area contributed by atoms with Crippen LogP contribution in [0.15, 0.2) is 55.0 Å². The number of methoxy groups -OCH3 is 4. The molecule has 206 valence electrons. The van der Waals surface area contributed by atoms with Crippen LogP contribution in [0.5, 0.6) is 17.6 Å². The molecule has 0 atom stereocenters. The van der Waals surface area contributed by atoms with E-state index in [-0.39, 0.29) is 44.3 Å². The van der Waals surface area contributed by atoms with E-state index in [1.165, 1.54) is 20.4 Å². The van der Waals surface area contributed by atoms with Crippen molar-refractivity contribution in [1.82, 2.24) is 15.0 Å². The van der Waals surface area contributed by atoms with Crippen LogP contribution in [0, 0.1) is 0 Å². The van der Waals surface area contributed by atoms with E-state index in [1.54, 1.807) is 56.9 Å². The number of aliphatic hydroxyl groups excluding tert-OH is 1. The van der Waals surface area contributed by atoms with Gasteiger partial charge in [-0.15, -0.1) is 11.6 Å². The zero-order valence-electron chi connectivity index (χ0n) is 21.9. The van der Waals surface area contributed by atoms with Gasteiger partial charge in [-0.3, -0.25) is 0 Å². The third-order valence-electron chi connectivity index (χ3n) is 3.72. The van der Waals surface area contributed by atoms with Gasteiger partial charge in [0.1, 0.15) is 0 Å². The van der Waals surface area contributed by atoms with Gasteiger partial charge >= 0.3 is 24.8 Å². The Labute approximate surface area is 262 Å². The molecule has 0 aliphatic heterocycles. The van der Waals surface area contributed by atoms with Crippen molar-refractivity contribution in [2.45, 2.75) is 12.5 Å². The molecule has 0 radical (unpaired) electrons. The second kappa shape index (κ2) is 25.7. The van der Waals surface area contributed by atoms with Gasteiger partial charge in [0.05, 0.1) is 40.6 Å².